The van der Waals surface area contributed by atoms with Gasteiger partial charge in [-0.25, -0.2) is 4.79 Å². The lowest BCUT2D eigenvalue weighted by Gasteiger charge is -2.10. The topological polar surface area (TPSA) is 54.0 Å². The van der Waals surface area contributed by atoms with Crippen LogP contribution >= 0.6 is 0 Å². The van der Waals surface area contributed by atoms with E-state index >= 15 is 0 Å². The lowest BCUT2D eigenvalue weighted by atomic mass is 10.2. The number of carbonyl (C=O) groups is 1. The van der Waals surface area contributed by atoms with Crippen LogP contribution < -0.4 is 14.2 Å². The molecule has 0 amide bonds. The van der Waals surface area contributed by atoms with Gasteiger partial charge in [-0.15, -0.1) is 0 Å². The van der Waals surface area contributed by atoms with Gasteiger partial charge in [0.05, 0.1) is 26.9 Å². The van der Waals surface area contributed by atoms with Crippen LogP contribution in [-0.2, 0) is 11.3 Å². The molecule has 2 aromatic rings. The average molecular weight is 302 g/mol. The van der Waals surface area contributed by atoms with Gasteiger partial charge in [-0.3, -0.25) is 0 Å². The first-order valence-electron chi connectivity index (χ1n) is 6.69. The number of benzene rings is 2. The number of hydrogen-bond donors (Lipinski definition) is 0. The van der Waals surface area contributed by atoms with Crippen LogP contribution in [0.25, 0.3) is 0 Å². The molecule has 0 bridgehead atoms. The molecule has 0 aliphatic heterocycles. The molecular formula is C17H18O5. The van der Waals surface area contributed by atoms with Gasteiger partial charge in [0.1, 0.15) is 23.9 Å². The molecule has 0 saturated carbocycles. The summed E-state index contributed by atoms with van der Waals surface area (Å²) >= 11 is 0. The number of rotatable bonds is 6. The van der Waals surface area contributed by atoms with Gasteiger partial charge < -0.3 is 18.9 Å². The highest BCUT2D eigenvalue weighted by Gasteiger charge is 2.10. The summed E-state index contributed by atoms with van der Waals surface area (Å²) in [5.41, 5.74) is 1.37. The third-order valence-electron chi connectivity index (χ3n) is 3.10. The Labute approximate surface area is 129 Å². The Balaban J connectivity index is 2.12. The van der Waals surface area contributed by atoms with Crippen LogP contribution in [0.5, 0.6) is 17.2 Å². The molecule has 0 atom stereocenters. The van der Waals surface area contributed by atoms with Crippen molar-refractivity contribution in [3.05, 3.63) is 53.6 Å². The maximum absolute atomic E-state index is 11.6. The zero-order valence-corrected chi connectivity index (χ0v) is 12.8. The molecule has 0 N–H and O–H groups in total. The van der Waals surface area contributed by atoms with Gasteiger partial charge in [-0.1, -0.05) is 12.1 Å². The van der Waals surface area contributed by atoms with E-state index < -0.39 is 5.97 Å². The third-order valence-corrected chi connectivity index (χ3v) is 3.10. The molecule has 2 aromatic carbocycles. The van der Waals surface area contributed by atoms with Crippen LogP contribution in [0.15, 0.2) is 42.5 Å². The highest BCUT2D eigenvalue weighted by atomic mass is 16.5. The zero-order valence-electron chi connectivity index (χ0n) is 12.8. The van der Waals surface area contributed by atoms with E-state index in [1.165, 1.54) is 14.2 Å². The van der Waals surface area contributed by atoms with Crippen molar-refractivity contribution in [2.45, 2.75) is 6.61 Å². The van der Waals surface area contributed by atoms with Gasteiger partial charge in [0.2, 0.25) is 0 Å². The average Bonchev–Trinajstić information content (AvgIpc) is 2.59. The number of carbonyl (C=O) groups excluding carboxylic acids is 1. The number of ether oxygens (including phenoxy) is 4. The normalized spacial score (nSPS) is 9.95. The quantitative estimate of drug-likeness (QED) is 0.768. The first-order chi connectivity index (χ1) is 10.7. The van der Waals surface area contributed by atoms with E-state index in [0.29, 0.717) is 23.7 Å². The summed E-state index contributed by atoms with van der Waals surface area (Å²) in [4.78, 5) is 11.6. The first kappa shape index (κ1) is 15.7. The van der Waals surface area contributed by atoms with Gasteiger partial charge in [0.15, 0.2) is 0 Å². The predicted molar refractivity (Wildman–Crippen MR) is 81.7 cm³/mol. The molecule has 2 rings (SSSR count). The molecule has 0 aromatic heterocycles. The van der Waals surface area contributed by atoms with Crippen LogP contribution in [0.3, 0.4) is 0 Å². The summed E-state index contributed by atoms with van der Waals surface area (Å²) in [7, 11) is 4.49. The van der Waals surface area contributed by atoms with Crippen LogP contribution in [0.1, 0.15) is 15.9 Å². The van der Waals surface area contributed by atoms with E-state index in [4.69, 9.17) is 18.9 Å². The van der Waals surface area contributed by atoms with Crippen molar-refractivity contribution in [3.8, 4) is 17.2 Å². The monoisotopic (exact) mass is 302 g/mol. The fourth-order valence-electron chi connectivity index (χ4n) is 1.90. The highest BCUT2D eigenvalue weighted by Crippen LogP contribution is 2.24. The molecule has 0 spiro atoms. The Morgan fingerprint density at radius 3 is 2.09 bits per heavy atom. The van der Waals surface area contributed by atoms with Crippen LogP contribution in [0.2, 0.25) is 0 Å². The smallest absolute Gasteiger partial charge is 0.338 e. The molecule has 0 saturated heterocycles. The van der Waals surface area contributed by atoms with Gasteiger partial charge in [0, 0.05) is 6.07 Å². The Kier molecular flexibility index (Phi) is 5.25. The van der Waals surface area contributed by atoms with Crippen LogP contribution in [-0.4, -0.2) is 27.3 Å². The first-order valence-corrected chi connectivity index (χ1v) is 6.69. The summed E-state index contributed by atoms with van der Waals surface area (Å²) in [6.07, 6.45) is 0. The fourth-order valence-corrected chi connectivity index (χ4v) is 1.90. The van der Waals surface area contributed by atoms with Crippen LogP contribution in [0, 0.1) is 0 Å². The van der Waals surface area contributed by atoms with Gasteiger partial charge in [-0.2, -0.15) is 0 Å². The van der Waals surface area contributed by atoms with Gasteiger partial charge in [0.25, 0.3) is 0 Å². The highest BCUT2D eigenvalue weighted by molar-refractivity contribution is 5.90. The fraction of sp³-hybridized carbons (Fsp3) is 0.235. The second-order valence-corrected chi connectivity index (χ2v) is 4.53. The minimum atomic E-state index is -0.437. The standard InChI is InChI=1S/C17H18O5/c1-19-14-6-4-12(5-7-14)11-22-16-9-13(17(18)21-3)8-15(10-16)20-2/h4-10H,11H2,1-3H3. The van der Waals surface area contributed by atoms with Crippen molar-refractivity contribution in [1.82, 2.24) is 0 Å². The van der Waals surface area contributed by atoms with Crippen molar-refractivity contribution >= 4 is 5.97 Å². The van der Waals surface area contributed by atoms with Crippen molar-refractivity contribution in [3.63, 3.8) is 0 Å². The SMILES string of the molecule is COC(=O)c1cc(OC)cc(OCc2ccc(OC)cc2)c1. The van der Waals surface area contributed by atoms with Crippen molar-refractivity contribution < 1.29 is 23.7 Å². The van der Waals surface area contributed by atoms with E-state index in [-0.39, 0.29) is 0 Å². The summed E-state index contributed by atoms with van der Waals surface area (Å²) < 4.78 is 20.7. The molecule has 5 heteroatoms. The molecule has 0 radical (unpaired) electrons. The molecule has 0 heterocycles. The Morgan fingerprint density at radius 2 is 1.50 bits per heavy atom. The molecule has 0 aliphatic carbocycles. The summed E-state index contributed by atoms with van der Waals surface area (Å²) in [5, 5.41) is 0. The maximum Gasteiger partial charge on any atom is 0.338 e. The van der Waals surface area contributed by atoms with E-state index in [1.807, 2.05) is 24.3 Å². The molecule has 5 nitrogen and oxygen atoms in total. The third kappa shape index (κ3) is 3.91. The zero-order chi connectivity index (χ0) is 15.9. The molecule has 0 unspecified atom stereocenters. The molecule has 116 valence electrons. The lowest BCUT2D eigenvalue weighted by molar-refractivity contribution is 0.0599. The number of methoxy groups -OCH3 is 3. The van der Waals surface area contributed by atoms with E-state index in [2.05, 4.69) is 0 Å². The number of hydrogen-bond acceptors (Lipinski definition) is 5. The Morgan fingerprint density at radius 1 is 0.864 bits per heavy atom. The molecule has 0 fully saturated rings. The predicted octanol–water partition coefficient (Wildman–Crippen LogP) is 3.07. The van der Waals surface area contributed by atoms with E-state index in [0.717, 1.165) is 11.3 Å². The van der Waals surface area contributed by atoms with Crippen molar-refractivity contribution in [2.24, 2.45) is 0 Å². The van der Waals surface area contributed by atoms with E-state index in [1.54, 1.807) is 25.3 Å². The van der Waals surface area contributed by atoms with Gasteiger partial charge in [-0.05, 0) is 29.8 Å². The largest absolute Gasteiger partial charge is 0.497 e. The Bertz CT molecular complexity index is 634. The summed E-state index contributed by atoms with van der Waals surface area (Å²) in [5.74, 6) is 1.43. The Hall–Kier alpha value is -2.69. The molecule has 22 heavy (non-hydrogen) atoms. The summed E-state index contributed by atoms with van der Waals surface area (Å²) in [6, 6.07) is 12.5. The van der Waals surface area contributed by atoms with Crippen molar-refractivity contribution in [1.29, 1.82) is 0 Å². The molecular weight excluding hydrogens is 284 g/mol. The minimum absolute atomic E-state index is 0.373. The molecule has 0 aliphatic rings. The summed E-state index contributed by atoms with van der Waals surface area (Å²) in [6.45, 7) is 0.373. The lowest BCUT2D eigenvalue weighted by Crippen LogP contribution is -2.03. The number of esters is 1. The second-order valence-electron chi connectivity index (χ2n) is 4.53. The second kappa shape index (κ2) is 7.36. The van der Waals surface area contributed by atoms with E-state index in [9.17, 15) is 4.79 Å². The van der Waals surface area contributed by atoms with Gasteiger partial charge >= 0.3 is 5.97 Å². The van der Waals surface area contributed by atoms with Crippen molar-refractivity contribution in [2.75, 3.05) is 21.3 Å². The minimum Gasteiger partial charge on any atom is -0.497 e. The maximum atomic E-state index is 11.6. The van der Waals surface area contributed by atoms with Crippen LogP contribution in [0.4, 0.5) is 0 Å².